The van der Waals surface area contributed by atoms with Gasteiger partial charge in [-0.2, -0.15) is 0 Å². The Hall–Kier alpha value is -3.32. The van der Waals surface area contributed by atoms with Crippen LogP contribution >= 0.6 is 11.6 Å². The SMILES string of the molecule is COc1ccccc1Nc1ccc(NC(=O)COc2ccc(Cl)cc2)nn1. The van der Waals surface area contributed by atoms with Crippen LogP contribution in [0.1, 0.15) is 0 Å². The number of aromatic nitrogens is 2. The standard InChI is InChI=1S/C19H17ClN4O3/c1-26-16-5-3-2-4-15(16)21-17-10-11-18(24-23-17)22-19(25)12-27-14-8-6-13(20)7-9-14/h2-11H,12H2,1H3,(H,21,23)(H,22,24,25). The molecule has 0 spiro atoms. The van der Waals surface area contributed by atoms with Crippen LogP contribution in [-0.4, -0.2) is 29.8 Å². The van der Waals surface area contributed by atoms with Crippen molar-refractivity contribution in [1.29, 1.82) is 0 Å². The fourth-order valence-corrected chi connectivity index (χ4v) is 2.34. The Morgan fingerprint density at radius 1 is 1.00 bits per heavy atom. The maximum Gasteiger partial charge on any atom is 0.263 e. The minimum atomic E-state index is -0.343. The fourth-order valence-electron chi connectivity index (χ4n) is 2.21. The number of halogens is 1. The number of hydrogen-bond acceptors (Lipinski definition) is 6. The maximum atomic E-state index is 12.0. The Balaban J connectivity index is 1.54. The second kappa shape index (κ2) is 8.86. The fraction of sp³-hybridized carbons (Fsp3) is 0.105. The summed E-state index contributed by atoms with van der Waals surface area (Å²) in [7, 11) is 1.59. The molecule has 3 aromatic rings. The molecule has 1 heterocycles. The molecule has 8 heteroatoms. The maximum absolute atomic E-state index is 12.0. The van der Waals surface area contributed by atoms with Crippen molar-refractivity contribution in [3.63, 3.8) is 0 Å². The summed E-state index contributed by atoms with van der Waals surface area (Å²) in [5.74, 6) is 1.75. The number of hydrogen-bond donors (Lipinski definition) is 2. The largest absolute Gasteiger partial charge is 0.495 e. The van der Waals surface area contributed by atoms with Crippen molar-refractivity contribution in [1.82, 2.24) is 10.2 Å². The monoisotopic (exact) mass is 384 g/mol. The quantitative estimate of drug-likeness (QED) is 0.642. The van der Waals surface area contributed by atoms with Crippen molar-refractivity contribution < 1.29 is 14.3 Å². The Bertz CT molecular complexity index is 902. The van der Waals surface area contributed by atoms with Crippen molar-refractivity contribution in [3.05, 3.63) is 65.7 Å². The molecule has 27 heavy (non-hydrogen) atoms. The summed E-state index contributed by atoms with van der Waals surface area (Å²) in [6, 6.07) is 17.6. The third-order valence-electron chi connectivity index (χ3n) is 3.49. The van der Waals surface area contributed by atoms with Crippen LogP contribution in [-0.2, 0) is 4.79 Å². The number of anilines is 3. The molecular formula is C19H17ClN4O3. The first kappa shape index (κ1) is 18.5. The van der Waals surface area contributed by atoms with Gasteiger partial charge in [0.15, 0.2) is 18.2 Å². The molecule has 0 atom stereocenters. The van der Waals surface area contributed by atoms with Crippen LogP contribution in [0.2, 0.25) is 5.02 Å². The van der Waals surface area contributed by atoms with Gasteiger partial charge in [-0.3, -0.25) is 4.79 Å². The van der Waals surface area contributed by atoms with Crippen LogP contribution in [0.15, 0.2) is 60.7 Å². The molecule has 2 aromatic carbocycles. The molecule has 0 aliphatic rings. The average molecular weight is 385 g/mol. The smallest absolute Gasteiger partial charge is 0.263 e. The number of methoxy groups -OCH3 is 1. The molecular weight excluding hydrogens is 368 g/mol. The summed E-state index contributed by atoms with van der Waals surface area (Å²) >= 11 is 5.80. The number of carbonyl (C=O) groups is 1. The molecule has 7 nitrogen and oxygen atoms in total. The van der Waals surface area contributed by atoms with Crippen LogP contribution in [0, 0.1) is 0 Å². The predicted molar refractivity (Wildman–Crippen MR) is 104 cm³/mol. The van der Waals surface area contributed by atoms with E-state index in [0.717, 1.165) is 5.69 Å². The van der Waals surface area contributed by atoms with E-state index in [1.54, 1.807) is 43.5 Å². The van der Waals surface area contributed by atoms with Gasteiger partial charge in [-0.15, -0.1) is 10.2 Å². The third kappa shape index (κ3) is 5.32. The lowest BCUT2D eigenvalue weighted by atomic mass is 10.3. The molecule has 1 amide bonds. The van der Waals surface area contributed by atoms with E-state index in [4.69, 9.17) is 21.1 Å². The topological polar surface area (TPSA) is 85.4 Å². The molecule has 0 radical (unpaired) electrons. The van der Waals surface area contributed by atoms with Crippen molar-refractivity contribution >= 4 is 34.8 Å². The summed E-state index contributed by atoms with van der Waals surface area (Å²) in [5.41, 5.74) is 0.766. The molecule has 138 valence electrons. The number of amides is 1. The van der Waals surface area contributed by atoms with E-state index >= 15 is 0 Å². The minimum Gasteiger partial charge on any atom is -0.495 e. The number of carbonyl (C=O) groups excluding carboxylic acids is 1. The highest BCUT2D eigenvalue weighted by Crippen LogP contribution is 2.26. The summed E-state index contributed by atoms with van der Waals surface area (Å²) in [6.45, 7) is -0.148. The van der Waals surface area contributed by atoms with Gasteiger partial charge in [0.1, 0.15) is 11.5 Å². The highest BCUT2D eigenvalue weighted by molar-refractivity contribution is 6.30. The Morgan fingerprint density at radius 2 is 1.70 bits per heavy atom. The van der Waals surface area contributed by atoms with E-state index in [2.05, 4.69) is 20.8 Å². The van der Waals surface area contributed by atoms with Gasteiger partial charge < -0.3 is 20.1 Å². The Kier molecular flexibility index (Phi) is 6.06. The van der Waals surface area contributed by atoms with E-state index in [1.807, 2.05) is 24.3 Å². The zero-order chi connectivity index (χ0) is 19.1. The van der Waals surface area contributed by atoms with Gasteiger partial charge in [0, 0.05) is 5.02 Å². The highest BCUT2D eigenvalue weighted by Gasteiger charge is 2.07. The summed E-state index contributed by atoms with van der Waals surface area (Å²) < 4.78 is 10.7. The van der Waals surface area contributed by atoms with Crippen LogP contribution < -0.4 is 20.1 Å². The summed E-state index contributed by atoms with van der Waals surface area (Å²) in [5, 5.41) is 14.4. The molecule has 0 aliphatic carbocycles. The number of ether oxygens (including phenoxy) is 2. The number of rotatable bonds is 7. The van der Waals surface area contributed by atoms with E-state index < -0.39 is 0 Å². The number of nitrogens with zero attached hydrogens (tertiary/aromatic N) is 2. The second-order valence-electron chi connectivity index (χ2n) is 5.42. The third-order valence-corrected chi connectivity index (χ3v) is 3.74. The molecule has 0 bridgehead atoms. The van der Waals surface area contributed by atoms with Gasteiger partial charge in [0.25, 0.3) is 5.91 Å². The minimum absolute atomic E-state index is 0.148. The lowest BCUT2D eigenvalue weighted by molar-refractivity contribution is -0.118. The zero-order valence-corrected chi connectivity index (χ0v) is 15.2. The number of nitrogens with one attached hydrogen (secondary N) is 2. The first-order chi connectivity index (χ1) is 13.1. The lowest BCUT2D eigenvalue weighted by Crippen LogP contribution is -2.21. The molecule has 0 aliphatic heterocycles. The Labute approximate surface area is 161 Å². The van der Waals surface area contributed by atoms with E-state index in [-0.39, 0.29) is 12.5 Å². The van der Waals surface area contributed by atoms with Gasteiger partial charge in [0.2, 0.25) is 0 Å². The van der Waals surface area contributed by atoms with Crippen molar-refractivity contribution in [2.75, 3.05) is 24.4 Å². The van der Waals surface area contributed by atoms with Crippen LogP contribution in [0.5, 0.6) is 11.5 Å². The zero-order valence-electron chi connectivity index (χ0n) is 14.5. The molecule has 3 rings (SSSR count). The van der Waals surface area contributed by atoms with Gasteiger partial charge >= 0.3 is 0 Å². The predicted octanol–water partition coefficient (Wildman–Crippen LogP) is 3.90. The molecule has 1 aromatic heterocycles. The first-order valence-corrected chi connectivity index (χ1v) is 8.44. The normalized spacial score (nSPS) is 10.1. The summed E-state index contributed by atoms with van der Waals surface area (Å²) in [6.07, 6.45) is 0. The average Bonchev–Trinajstić information content (AvgIpc) is 2.69. The van der Waals surface area contributed by atoms with Crippen molar-refractivity contribution in [2.45, 2.75) is 0 Å². The van der Waals surface area contributed by atoms with Crippen LogP contribution in [0.25, 0.3) is 0 Å². The van der Waals surface area contributed by atoms with E-state index in [9.17, 15) is 4.79 Å². The van der Waals surface area contributed by atoms with Crippen LogP contribution in [0.4, 0.5) is 17.3 Å². The first-order valence-electron chi connectivity index (χ1n) is 8.06. The Morgan fingerprint density at radius 3 is 2.41 bits per heavy atom. The van der Waals surface area contributed by atoms with Gasteiger partial charge in [0.05, 0.1) is 12.8 Å². The molecule has 2 N–H and O–H groups in total. The highest BCUT2D eigenvalue weighted by atomic mass is 35.5. The summed E-state index contributed by atoms with van der Waals surface area (Å²) in [4.78, 5) is 12.0. The van der Waals surface area contributed by atoms with E-state index in [0.29, 0.717) is 28.2 Å². The van der Waals surface area contributed by atoms with Crippen molar-refractivity contribution in [2.24, 2.45) is 0 Å². The molecule has 0 fully saturated rings. The molecule has 0 unspecified atom stereocenters. The van der Waals surface area contributed by atoms with Gasteiger partial charge in [-0.05, 0) is 48.5 Å². The van der Waals surface area contributed by atoms with E-state index in [1.165, 1.54) is 0 Å². The van der Waals surface area contributed by atoms with Crippen molar-refractivity contribution in [3.8, 4) is 11.5 Å². The number of para-hydroxylation sites is 2. The molecule has 0 saturated carbocycles. The van der Waals surface area contributed by atoms with Gasteiger partial charge in [-0.1, -0.05) is 23.7 Å². The number of benzene rings is 2. The van der Waals surface area contributed by atoms with Gasteiger partial charge in [-0.25, -0.2) is 0 Å². The second-order valence-corrected chi connectivity index (χ2v) is 5.86. The lowest BCUT2D eigenvalue weighted by Gasteiger charge is -2.10. The molecule has 0 saturated heterocycles. The van der Waals surface area contributed by atoms with Crippen LogP contribution in [0.3, 0.4) is 0 Å².